The van der Waals surface area contributed by atoms with E-state index in [-0.39, 0.29) is 5.69 Å². The van der Waals surface area contributed by atoms with Crippen molar-refractivity contribution in [2.75, 3.05) is 13.7 Å². The zero-order chi connectivity index (χ0) is 12.3. The van der Waals surface area contributed by atoms with Gasteiger partial charge < -0.3 is 4.74 Å². The van der Waals surface area contributed by atoms with Crippen LogP contribution >= 0.6 is 0 Å². The average molecular weight is 234 g/mol. The Balaban J connectivity index is 2.47. The van der Waals surface area contributed by atoms with Gasteiger partial charge in [0.15, 0.2) is 0 Å². The normalized spacial score (nSPS) is 11.2. The van der Waals surface area contributed by atoms with Crippen LogP contribution in [0.2, 0.25) is 0 Å². The summed E-state index contributed by atoms with van der Waals surface area (Å²) in [6, 6.07) is 7.92. The van der Waals surface area contributed by atoms with Gasteiger partial charge in [0.25, 0.3) is 0 Å². The van der Waals surface area contributed by atoms with E-state index in [9.17, 15) is 4.79 Å². The van der Waals surface area contributed by atoms with Gasteiger partial charge >= 0.3 is 5.69 Å². The van der Waals surface area contributed by atoms with Crippen LogP contribution in [0.25, 0.3) is 11.0 Å². The Bertz CT molecular complexity index is 554. The number of imidazole rings is 1. The lowest BCUT2D eigenvalue weighted by Gasteiger charge is -2.02. The molecule has 0 radical (unpaired) electrons. The van der Waals surface area contributed by atoms with Crippen molar-refractivity contribution in [3.63, 3.8) is 0 Å². The van der Waals surface area contributed by atoms with Gasteiger partial charge in [-0.2, -0.15) is 0 Å². The topological polar surface area (TPSA) is 36.2 Å². The highest BCUT2D eigenvalue weighted by atomic mass is 16.5. The average Bonchev–Trinajstić information content (AvgIpc) is 2.62. The van der Waals surface area contributed by atoms with E-state index in [2.05, 4.69) is 0 Å². The first-order chi connectivity index (χ1) is 8.29. The molecule has 0 spiro atoms. The second-order valence-corrected chi connectivity index (χ2v) is 4.01. The van der Waals surface area contributed by atoms with E-state index in [1.807, 2.05) is 40.3 Å². The standard InChI is InChI=1S/C13H18N2O2/c1-3-14-11-7-4-5-8-12(11)15(13(14)16)9-6-10-17-2/h4-5,7-8H,3,6,9-10H2,1-2H3. The summed E-state index contributed by atoms with van der Waals surface area (Å²) in [7, 11) is 1.68. The summed E-state index contributed by atoms with van der Waals surface area (Å²) in [5.74, 6) is 0. The number of aromatic nitrogens is 2. The fourth-order valence-electron chi connectivity index (χ4n) is 2.16. The van der Waals surface area contributed by atoms with Gasteiger partial charge in [-0.05, 0) is 25.5 Å². The van der Waals surface area contributed by atoms with Crippen molar-refractivity contribution in [3.05, 3.63) is 34.7 Å². The molecule has 2 aromatic rings. The highest BCUT2D eigenvalue weighted by Gasteiger charge is 2.10. The molecule has 17 heavy (non-hydrogen) atoms. The Morgan fingerprint density at radius 1 is 1.18 bits per heavy atom. The van der Waals surface area contributed by atoms with Gasteiger partial charge in [0.05, 0.1) is 11.0 Å². The maximum Gasteiger partial charge on any atom is 0.329 e. The highest BCUT2D eigenvalue weighted by molar-refractivity contribution is 5.75. The number of methoxy groups -OCH3 is 1. The Hall–Kier alpha value is -1.55. The molecule has 1 aromatic carbocycles. The molecule has 0 aliphatic rings. The van der Waals surface area contributed by atoms with Crippen molar-refractivity contribution in [2.45, 2.75) is 26.4 Å². The molecule has 92 valence electrons. The first kappa shape index (κ1) is 11.9. The minimum atomic E-state index is 0.0739. The number of benzene rings is 1. The third-order valence-corrected chi connectivity index (χ3v) is 2.97. The van der Waals surface area contributed by atoms with Gasteiger partial charge in [-0.1, -0.05) is 12.1 Å². The van der Waals surface area contributed by atoms with Crippen LogP contribution in [0.1, 0.15) is 13.3 Å². The number of para-hydroxylation sites is 2. The smallest absolute Gasteiger partial charge is 0.329 e. The molecule has 0 unspecified atom stereocenters. The monoisotopic (exact) mass is 234 g/mol. The number of hydrogen-bond donors (Lipinski definition) is 0. The van der Waals surface area contributed by atoms with Gasteiger partial charge in [-0.3, -0.25) is 9.13 Å². The van der Waals surface area contributed by atoms with E-state index >= 15 is 0 Å². The zero-order valence-corrected chi connectivity index (χ0v) is 10.3. The molecule has 0 atom stereocenters. The van der Waals surface area contributed by atoms with Crippen molar-refractivity contribution >= 4 is 11.0 Å². The highest BCUT2D eigenvalue weighted by Crippen LogP contribution is 2.12. The first-order valence-electron chi connectivity index (χ1n) is 5.96. The van der Waals surface area contributed by atoms with E-state index in [0.29, 0.717) is 19.7 Å². The molecule has 4 nitrogen and oxygen atoms in total. The van der Waals surface area contributed by atoms with E-state index < -0.39 is 0 Å². The summed E-state index contributed by atoms with van der Waals surface area (Å²) in [4.78, 5) is 12.2. The van der Waals surface area contributed by atoms with E-state index in [4.69, 9.17) is 4.74 Å². The zero-order valence-electron chi connectivity index (χ0n) is 10.3. The predicted octanol–water partition coefficient (Wildman–Crippen LogP) is 1.86. The van der Waals surface area contributed by atoms with Crippen molar-refractivity contribution < 1.29 is 4.74 Å². The number of ether oxygens (including phenoxy) is 1. The Morgan fingerprint density at radius 3 is 2.41 bits per heavy atom. The molecule has 0 bridgehead atoms. The molecule has 1 aromatic heterocycles. The van der Waals surface area contributed by atoms with Gasteiger partial charge in [0, 0.05) is 26.8 Å². The van der Waals surface area contributed by atoms with Crippen molar-refractivity contribution in [1.82, 2.24) is 9.13 Å². The quantitative estimate of drug-likeness (QED) is 0.740. The molecule has 0 aliphatic heterocycles. The third kappa shape index (κ3) is 2.13. The fraction of sp³-hybridized carbons (Fsp3) is 0.462. The number of rotatable bonds is 5. The molecule has 2 rings (SSSR count). The van der Waals surface area contributed by atoms with Crippen LogP contribution in [0.3, 0.4) is 0 Å². The molecule has 0 aliphatic carbocycles. The second kappa shape index (κ2) is 5.19. The van der Waals surface area contributed by atoms with Crippen molar-refractivity contribution in [1.29, 1.82) is 0 Å². The van der Waals surface area contributed by atoms with E-state index in [1.54, 1.807) is 7.11 Å². The van der Waals surface area contributed by atoms with Crippen LogP contribution in [0.4, 0.5) is 0 Å². The Morgan fingerprint density at radius 2 is 1.82 bits per heavy atom. The van der Waals surface area contributed by atoms with Crippen LogP contribution in [-0.4, -0.2) is 22.9 Å². The number of nitrogens with zero attached hydrogens (tertiary/aromatic N) is 2. The van der Waals surface area contributed by atoms with Gasteiger partial charge in [-0.15, -0.1) is 0 Å². The van der Waals surface area contributed by atoms with Crippen LogP contribution in [0.15, 0.2) is 29.1 Å². The summed E-state index contributed by atoms with van der Waals surface area (Å²) in [5, 5.41) is 0. The largest absolute Gasteiger partial charge is 0.385 e. The molecule has 1 heterocycles. The summed E-state index contributed by atoms with van der Waals surface area (Å²) in [6.45, 7) is 4.09. The minimum absolute atomic E-state index is 0.0739. The second-order valence-electron chi connectivity index (χ2n) is 4.01. The maximum absolute atomic E-state index is 12.2. The molecule has 4 heteroatoms. The van der Waals surface area contributed by atoms with Crippen LogP contribution in [0, 0.1) is 0 Å². The number of hydrogen-bond acceptors (Lipinski definition) is 2. The lowest BCUT2D eigenvalue weighted by molar-refractivity contribution is 0.190. The summed E-state index contributed by atoms with van der Waals surface area (Å²) < 4.78 is 8.67. The SMILES string of the molecule is CCn1c(=O)n(CCCOC)c2ccccc21. The summed E-state index contributed by atoms with van der Waals surface area (Å²) in [6.07, 6.45) is 0.855. The Labute approximate surface area is 100 Å². The molecular weight excluding hydrogens is 216 g/mol. The lowest BCUT2D eigenvalue weighted by Crippen LogP contribution is -2.24. The molecule has 0 N–H and O–H groups in total. The Kier molecular flexibility index (Phi) is 3.64. The van der Waals surface area contributed by atoms with Crippen LogP contribution in [0.5, 0.6) is 0 Å². The molecule has 0 amide bonds. The minimum Gasteiger partial charge on any atom is -0.385 e. The van der Waals surface area contributed by atoms with Gasteiger partial charge in [0.1, 0.15) is 0 Å². The van der Waals surface area contributed by atoms with Crippen LogP contribution in [-0.2, 0) is 17.8 Å². The van der Waals surface area contributed by atoms with Crippen LogP contribution < -0.4 is 5.69 Å². The number of fused-ring (bicyclic) bond motifs is 1. The van der Waals surface area contributed by atoms with Crippen molar-refractivity contribution in [3.8, 4) is 0 Å². The predicted molar refractivity (Wildman–Crippen MR) is 68.4 cm³/mol. The number of aryl methyl sites for hydroxylation is 2. The summed E-state index contributed by atoms with van der Waals surface area (Å²) >= 11 is 0. The van der Waals surface area contributed by atoms with Gasteiger partial charge in [-0.25, -0.2) is 4.79 Å². The van der Waals surface area contributed by atoms with Gasteiger partial charge in [0.2, 0.25) is 0 Å². The summed E-state index contributed by atoms with van der Waals surface area (Å²) in [5.41, 5.74) is 2.10. The third-order valence-electron chi connectivity index (χ3n) is 2.97. The first-order valence-corrected chi connectivity index (χ1v) is 5.96. The van der Waals surface area contributed by atoms with E-state index in [1.165, 1.54) is 0 Å². The lowest BCUT2D eigenvalue weighted by atomic mass is 10.3. The van der Waals surface area contributed by atoms with Crippen molar-refractivity contribution in [2.24, 2.45) is 0 Å². The fourth-order valence-corrected chi connectivity index (χ4v) is 2.16. The molecular formula is C13H18N2O2. The molecule has 0 saturated heterocycles. The molecule has 0 saturated carbocycles. The maximum atomic E-state index is 12.2. The molecule has 0 fully saturated rings. The van der Waals surface area contributed by atoms with E-state index in [0.717, 1.165) is 17.5 Å².